The summed E-state index contributed by atoms with van der Waals surface area (Å²) in [6.07, 6.45) is 0. The van der Waals surface area contributed by atoms with E-state index in [1.807, 2.05) is 24.3 Å². The minimum Gasteiger partial charge on any atom is -0.485 e. The average Bonchev–Trinajstić information content (AvgIpc) is 2.94. The highest BCUT2D eigenvalue weighted by Gasteiger charge is 2.16. The zero-order valence-electron chi connectivity index (χ0n) is 12.6. The molecule has 116 valence electrons. The molecule has 0 saturated heterocycles. The first-order valence-corrected chi connectivity index (χ1v) is 7.60. The van der Waals surface area contributed by atoms with Crippen molar-refractivity contribution in [1.29, 1.82) is 0 Å². The number of ketones is 1. The smallest absolute Gasteiger partial charge is 0.355 e. The number of nitrogens with zero attached hydrogens (tertiary/aromatic N) is 1. The molecule has 1 heterocycles. The van der Waals surface area contributed by atoms with E-state index in [0.717, 1.165) is 11.3 Å². The molecule has 1 aromatic carbocycles. The number of hydrogen-bond acceptors (Lipinski definition) is 5. The normalized spacial score (nSPS) is 11.2. The van der Waals surface area contributed by atoms with Crippen LogP contribution < -0.4 is 4.74 Å². The second-order valence-electron chi connectivity index (χ2n) is 5.83. The SMILES string of the molecule is CC(C)(C)c1ccc(OCC(=O)c2nc(C(=O)O)cs2)cc1. The van der Waals surface area contributed by atoms with Gasteiger partial charge in [-0.3, -0.25) is 4.79 Å². The van der Waals surface area contributed by atoms with Crippen molar-refractivity contribution in [3.05, 3.63) is 45.9 Å². The third-order valence-corrected chi connectivity index (χ3v) is 3.94. The molecule has 0 saturated carbocycles. The molecule has 0 aliphatic heterocycles. The molecule has 0 aliphatic rings. The number of benzene rings is 1. The molecular formula is C16H17NO4S. The van der Waals surface area contributed by atoms with Crippen LogP contribution in [0.3, 0.4) is 0 Å². The van der Waals surface area contributed by atoms with E-state index in [4.69, 9.17) is 9.84 Å². The number of hydrogen-bond donors (Lipinski definition) is 1. The number of carboxylic acids is 1. The van der Waals surface area contributed by atoms with E-state index in [2.05, 4.69) is 25.8 Å². The van der Waals surface area contributed by atoms with Gasteiger partial charge < -0.3 is 9.84 Å². The molecule has 0 radical (unpaired) electrons. The van der Waals surface area contributed by atoms with Crippen molar-refractivity contribution >= 4 is 23.1 Å². The summed E-state index contributed by atoms with van der Waals surface area (Å²) >= 11 is 1.01. The Balaban J connectivity index is 1.97. The zero-order chi connectivity index (χ0) is 16.3. The summed E-state index contributed by atoms with van der Waals surface area (Å²) < 4.78 is 5.43. The first-order chi connectivity index (χ1) is 10.3. The summed E-state index contributed by atoms with van der Waals surface area (Å²) in [7, 11) is 0. The Morgan fingerprint density at radius 2 is 1.86 bits per heavy atom. The van der Waals surface area contributed by atoms with Crippen molar-refractivity contribution in [2.45, 2.75) is 26.2 Å². The van der Waals surface area contributed by atoms with Crippen LogP contribution in [0.5, 0.6) is 5.75 Å². The number of Topliss-reactive ketones (excluding diaryl/α,β-unsaturated/α-hetero) is 1. The number of ether oxygens (including phenoxy) is 1. The Kier molecular flexibility index (Phi) is 4.61. The standard InChI is InChI=1S/C16H17NO4S/c1-16(2,3)10-4-6-11(7-5-10)21-8-13(18)14-17-12(9-22-14)15(19)20/h4-7,9H,8H2,1-3H3,(H,19,20). The van der Waals surface area contributed by atoms with E-state index in [1.54, 1.807) is 0 Å². The molecule has 22 heavy (non-hydrogen) atoms. The average molecular weight is 319 g/mol. The maximum atomic E-state index is 11.9. The van der Waals surface area contributed by atoms with E-state index in [0.29, 0.717) is 5.75 Å². The van der Waals surface area contributed by atoms with Crippen LogP contribution in [0.1, 0.15) is 46.6 Å². The molecule has 0 unspecified atom stereocenters. The van der Waals surface area contributed by atoms with Gasteiger partial charge in [-0.25, -0.2) is 9.78 Å². The van der Waals surface area contributed by atoms with Crippen molar-refractivity contribution in [2.24, 2.45) is 0 Å². The molecule has 0 amide bonds. The number of aromatic carboxylic acids is 1. The van der Waals surface area contributed by atoms with Crippen molar-refractivity contribution in [1.82, 2.24) is 4.98 Å². The van der Waals surface area contributed by atoms with Gasteiger partial charge in [0.15, 0.2) is 17.3 Å². The van der Waals surface area contributed by atoms with E-state index in [9.17, 15) is 9.59 Å². The molecule has 0 bridgehead atoms. The summed E-state index contributed by atoms with van der Waals surface area (Å²) in [5.41, 5.74) is 1.11. The van der Waals surface area contributed by atoms with Gasteiger partial charge in [0.05, 0.1) is 0 Å². The molecule has 0 atom stereocenters. The van der Waals surface area contributed by atoms with Gasteiger partial charge in [-0.1, -0.05) is 32.9 Å². The maximum absolute atomic E-state index is 11.9. The third-order valence-electron chi connectivity index (χ3n) is 3.05. The minimum absolute atomic E-state index is 0.0580. The molecule has 0 spiro atoms. The predicted octanol–water partition coefficient (Wildman–Crippen LogP) is 3.40. The summed E-state index contributed by atoms with van der Waals surface area (Å²) in [5, 5.41) is 10.3. The van der Waals surface area contributed by atoms with E-state index >= 15 is 0 Å². The zero-order valence-corrected chi connectivity index (χ0v) is 13.4. The highest BCUT2D eigenvalue weighted by atomic mass is 32.1. The number of thiazole rings is 1. The van der Waals surface area contributed by atoms with Crippen molar-refractivity contribution in [3.8, 4) is 5.75 Å². The predicted molar refractivity (Wildman–Crippen MR) is 84.0 cm³/mol. The summed E-state index contributed by atoms with van der Waals surface area (Å²) in [6, 6.07) is 7.56. The fourth-order valence-electron chi connectivity index (χ4n) is 1.76. The Morgan fingerprint density at radius 3 is 2.36 bits per heavy atom. The fraction of sp³-hybridized carbons (Fsp3) is 0.312. The van der Waals surface area contributed by atoms with E-state index in [1.165, 1.54) is 10.9 Å². The molecule has 1 aromatic heterocycles. The van der Waals surface area contributed by atoms with Crippen molar-refractivity contribution in [3.63, 3.8) is 0 Å². The van der Waals surface area contributed by atoms with Gasteiger partial charge in [0.1, 0.15) is 5.75 Å². The lowest BCUT2D eigenvalue weighted by Crippen LogP contribution is -2.13. The van der Waals surface area contributed by atoms with Crippen LogP contribution in [0.4, 0.5) is 0 Å². The highest BCUT2D eigenvalue weighted by molar-refractivity contribution is 7.12. The van der Waals surface area contributed by atoms with Crippen LogP contribution in [-0.4, -0.2) is 28.4 Å². The van der Waals surface area contributed by atoms with Crippen molar-refractivity contribution in [2.75, 3.05) is 6.61 Å². The van der Waals surface area contributed by atoms with Crippen LogP contribution >= 0.6 is 11.3 Å². The van der Waals surface area contributed by atoms with Gasteiger partial charge in [0.2, 0.25) is 5.78 Å². The number of aromatic nitrogens is 1. The molecule has 6 heteroatoms. The Labute approximate surface area is 132 Å². The second-order valence-corrected chi connectivity index (χ2v) is 6.69. The Hall–Kier alpha value is -2.21. The van der Waals surface area contributed by atoms with E-state index < -0.39 is 5.97 Å². The first kappa shape index (κ1) is 16.2. The van der Waals surface area contributed by atoms with Crippen LogP contribution in [0.25, 0.3) is 0 Å². The molecule has 2 aromatic rings. The molecule has 5 nitrogen and oxygen atoms in total. The lowest BCUT2D eigenvalue weighted by Gasteiger charge is -2.19. The van der Waals surface area contributed by atoms with Gasteiger partial charge in [0.25, 0.3) is 0 Å². The molecular weight excluding hydrogens is 302 g/mol. The third kappa shape index (κ3) is 3.92. The summed E-state index contributed by atoms with van der Waals surface area (Å²) in [5.74, 6) is -0.886. The molecule has 2 rings (SSSR count). The van der Waals surface area contributed by atoms with Crippen molar-refractivity contribution < 1.29 is 19.4 Å². The number of rotatable bonds is 5. The summed E-state index contributed by atoms with van der Waals surface area (Å²) in [6.45, 7) is 6.19. The number of carbonyl (C=O) groups is 2. The maximum Gasteiger partial charge on any atom is 0.355 e. The van der Waals surface area contributed by atoms with Gasteiger partial charge in [-0.2, -0.15) is 0 Å². The fourth-order valence-corrected chi connectivity index (χ4v) is 2.48. The van der Waals surface area contributed by atoms with Gasteiger partial charge in [-0.15, -0.1) is 11.3 Å². The van der Waals surface area contributed by atoms with E-state index in [-0.39, 0.29) is 28.5 Å². The largest absolute Gasteiger partial charge is 0.485 e. The Bertz CT molecular complexity index is 683. The van der Waals surface area contributed by atoms with Crippen LogP contribution in [0.2, 0.25) is 0 Å². The highest BCUT2D eigenvalue weighted by Crippen LogP contribution is 2.24. The minimum atomic E-state index is -1.14. The second kappa shape index (κ2) is 6.27. The first-order valence-electron chi connectivity index (χ1n) is 6.73. The molecule has 0 fully saturated rings. The van der Waals surface area contributed by atoms with Gasteiger partial charge in [-0.05, 0) is 23.1 Å². The van der Waals surface area contributed by atoms with Crippen LogP contribution in [0, 0.1) is 0 Å². The number of carboxylic acid groups (broad SMARTS) is 1. The lowest BCUT2D eigenvalue weighted by atomic mass is 9.87. The van der Waals surface area contributed by atoms with Crippen LogP contribution in [0.15, 0.2) is 29.6 Å². The quantitative estimate of drug-likeness (QED) is 0.855. The summed E-state index contributed by atoms with van der Waals surface area (Å²) in [4.78, 5) is 26.4. The lowest BCUT2D eigenvalue weighted by molar-refractivity contribution is 0.0691. The number of carbonyl (C=O) groups excluding carboxylic acids is 1. The molecule has 0 aliphatic carbocycles. The van der Waals surface area contributed by atoms with Gasteiger partial charge in [0, 0.05) is 5.38 Å². The van der Waals surface area contributed by atoms with Crippen LogP contribution in [-0.2, 0) is 5.41 Å². The Morgan fingerprint density at radius 1 is 1.23 bits per heavy atom. The molecule has 1 N–H and O–H groups in total. The topological polar surface area (TPSA) is 76.5 Å². The van der Waals surface area contributed by atoms with Gasteiger partial charge >= 0.3 is 5.97 Å². The monoisotopic (exact) mass is 319 g/mol.